The van der Waals surface area contributed by atoms with Crippen molar-refractivity contribution in [1.82, 2.24) is 9.80 Å². The first kappa shape index (κ1) is 28.0. The van der Waals surface area contributed by atoms with Gasteiger partial charge in [0.25, 0.3) is 5.91 Å². The number of aliphatic hydroxyl groups excluding tert-OH is 2. The molecule has 0 radical (unpaired) electrons. The van der Waals surface area contributed by atoms with Gasteiger partial charge in [0.1, 0.15) is 22.8 Å². The van der Waals surface area contributed by atoms with Crippen molar-refractivity contribution in [2.24, 2.45) is 23.5 Å². The van der Waals surface area contributed by atoms with E-state index in [1.807, 2.05) is 37.2 Å². The first-order valence-electron chi connectivity index (χ1n) is 14.2. The summed E-state index contributed by atoms with van der Waals surface area (Å²) in [7, 11) is 7.21. The van der Waals surface area contributed by atoms with Crippen LogP contribution in [0.15, 0.2) is 47.2 Å². The Kier molecular flexibility index (Phi) is 6.66. The molecular formula is C32H36N4O6. The van der Waals surface area contributed by atoms with E-state index < -0.39 is 52.6 Å². The smallest absolute Gasteiger partial charge is 0.255 e. The molecule has 1 heterocycles. The highest BCUT2D eigenvalue weighted by atomic mass is 16.3. The van der Waals surface area contributed by atoms with Crippen LogP contribution < -0.4 is 10.6 Å². The largest absolute Gasteiger partial charge is 0.510 e. The summed E-state index contributed by atoms with van der Waals surface area (Å²) in [6, 6.07) is 9.39. The minimum atomic E-state index is -1.27. The number of aromatic hydroxyl groups is 1. The van der Waals surface area contributed by atoms with Gasteiger partial charge in [0.15, 0.2) is 11.6 Å². The molecule has 10 nitrogen and oxygen atoms in total. The van der Waals surface area contributed by atoms with Crippen molar-refractivity contribution in [2.75, 3.05) is 33.1 Å². The summed E-state index contributed by atoms with van der Waals surface area (Å²) in [6.07, 6.45) is 0.684. The van der Waals surface area contributed by atoms with Gasteiger partial charge in [-0.1, -0.05) is 24.3 Å². The minimum Gasteiger partial charge on any atom is -0.510 e. The van der Waals surface area contributed by atoms with Crippen molar-refractivity contribution in [3.63, 3.8) is 0 Å². The number of rotatable bonds is 5. The molecule has 0 saturated heterocycles. The number of fused-ring (bicyclic) bond motifs is 4. The van der Waals surface area contributed by atoms with E-state index in [2.05, 4.69) is 17.0 Å². The second-order valence-electron chi connectivity index (χ2n) is 12.4. The monoisotopic (exact) mass is 572 g/mol. The fraction of sp³-hybridized carbons (Fsp3) is 0.406. The van der Waals surface area contributed by atoms with Gasteiger partial charge in [-0.3, -0.25) is 24.2 Å². The predicted molar refractivity (Wildman–Crippen MR) is 157 cm³/mol. The number of nitrogens with two attached hydrogens (primary N) is 1. The molecule has 5 N–H and O–H groups in total. The van der Waals surface area contributed by atoms with Gasteiger partial charge in [-0.25, -0.2) is 0 Å². The third-order valence-electron chi connectivity index (χ3n) is 9.40. The quantitative estimate of drug-likeness (QED) is 0.313. The second-order valence-corrected chi connectivity index (χ2v) is 12.4. The van der Waals surface area contributed by atoms with E-state index in [4.69, 9.17) is 5.73 Å². The Balaban J connectivity index is 1.44. The van der Waals surface area contributed by atoms with Crippen molar-refractivity contribution >= 4 is 28.9 Å². The van der Waals surface area contributed by atoms with Crippen LogP contribution in [0.3, 0.4) is 0 Å². The molecule has 220 valence electrons. The summed E-state index contributed by atoms with van der Waals surface area (Å²) in [6.45, 7) is 1.91. The van der Waals surface area contributed by atoms with E-state index in [9.17, 15) is 29.7 Å². The zero-order chi connectivity index (χ0) is 30.2. The van der Waals surface area contributed by atoms with Crippen molar-refractivity contribution < 1.29 is 29.7 Å². The van der Waals surface area contributed by atoms with E-state index in [1.54, 1.807) is 19.0 Å². The van der Waals surface area contributed by atoms with Crippen molar-refractivity contribution in [1.29, 1.82) is 0 Å². The third-order valence-corrected chi connectivity index (χ3v) is 9.40. The van der Waals surface area contributed by atoms with Crippen LogP contribution in [0.1, 0.15) is 34.2 Å². The molecule has 3 unspecified atom stereocenters. The normalized spacial score (nSPS) is 25.4. The summed E-state index contributed by atoms with van der Waals surface area (Å²) in [5.74, 6) is -5.65. The lowest BCUT2D eigenvalue weighted by Crippen LogP contribution is -2.55. The van der Waals surface area contributed by atoms with Crippen LogP contribution in [0.4, 0.5) is 5.69 Å². The first-order chi connectivity index (χ1) is 19.9. The molecule has 4 aliphatic rings. The second kappa shape index (κ2) is 9.99. The van der Waals surface area contributed by atoms with Gasteiger partial charge in [-0.05, 0) is 61.5 Å². The molecular weight excluding hydrogens is 536 g/mol. The molecule has 1 amide bonds. The SMILES string of the molecule is CN(C)c1cc(CN2Cc3ccccc3C2)c(O)c2c1CC1CC3C(C(=O)C(C(N)=O)=C(O)[C@H]3N(C)C)C(=O)C1=C2O. The summed E-state index contributed by atoms with van der Waals surface area (Å²) >= 11 is 0. The van der Waals surface area contributed by atoms with Gasteiger partial charge in [0, 0.05) is 50.6 Å². The Morgan fingerprint density at radius 1 is 1.02 bits per heavy atom. The van der Waals surface area contributed by atoms with E-state index in [0.29, 0.717) is 24.9 Å². The molecule has 6 rings (SSSR count). The summed E-state index contributed by atoms with van der Waals surface area (Å²) in [5, 5.41) is 34.2. The Labute approximate surface area is 244 Å². The van der Waals surface area contributed by atoms with Crippen molar-refractivity contribution in [3.05, 3.63) is 75.1 Å². The molecule has 1 aliphatic heterocycles. The molecule has 10 heteroatoms. The number of primary amides is 1. The number of carbonyl (C=O) groups is 3. The lowest BCUT2D eigenvalue weighted by molar-refractivity contribution is -0.136. The number of ketones is 2. The zero-order valence-corrected chi connectivity index (χ0v) is 24.2. The maximum atomic E-state index is 14.1. The van der Waals surface area contributed by atoms with Crippen LogP contribution in [0.2, 0.25) is 0 Å². The Bertz CT molecular complexity index is 1580. The van der Waals surface area contributed by atoms with E-state index in [0.717, 1.165) is 24.3 Å². The molecule has 4 atom stereocenters. The van der Waals surface area contributed by atoms with Crippen LogP contribution in [-0.2, 0) is 40.4 Å². The highest BCUT2D eigenvalue weighted by molar-refractivity contribution is 6.28. The molecule has 0 spiro atoms. The lowest BCUT2D eigenvalue weighted by Gasteiger charge is -2.46. The number of hydrogen-bond donors (Lipinski definition) is 4. The van der Waals surface area contributed by atoms with Gasteiger partial charge in [0.2, 0.25) is 0 Å². The lowest BCUT2D eigenvalue weighted by atomic mass is 9.59. The molecule has 0 aromatic heterocycles. The average molecular weight is 573 g/mol. The van der Waals surface area contributed by atoms with Gasteiger partial charge >= 0.3 is 0 Å². The van der Waals surface area contributed by atoms with Gasteiger partial charge in [-0.15, -0.1) is 0 Å². The number of hydrogen-bond acceptors (Lipinski definition) is 9. The Hall–Kier alpha value is -4.15. The number of carbonyl (C=O) groups excluding carboxylic acids is 3. The highest BCUT2D eigenvalue weighted by Crippen LogP contribution is 2.52. The standard InChI is InChI=1S/C32H36N4O6/c1-34(2)21-11-18(14-36-12-15-7-5-6-8-16(15)13-36)27(37)23-19(21)9-17-10-20-24(29(39)22(17)28(23)38)30(40)25(32(33)42)31(41)26(20)35(3)4/h5-8,11,17,20,24,26,37-38,41H,9-10,12-14H2,1-4H3,(H2,33,42)/t17?,20?,24?,26-/m0/s1. The number of nitrogens with zero attached hydrogens (tertiary/aromatic N) is 3. The molecule has 1 fully saturated rings. The molecule has 2 aromatic carbocycles. The third kappa shape index (κ3) is 4.12. The molecule has 3 aliphatic carbocycles. The van der Waals surface area contributed by atoms with Gasteiger partial charge in [0.05, 0.1) is 17.5 Å². The van der Waals surface area contributed by atoms with Gasteiger partial charge < -0.3 is 26.0 Å². The topological polar surface area (TPSA) is 148 Å². The maximum Gasteiger partial charge on any atom is 0.255 e. The van der Waals surface area contributed by atoms with Crippen LogP contribution in [0.25, 0.3) is 5.76 Å². The first-order valence-corrected chi connectivity index (χ1v) is 14.2. The Morgan fingerprint density at radius 2 is 1.67 bits per heavy atom. The number of amides is 1. The number of aliphatic hydroxyl groups is 2. The molecule has 42 heavy (non-hydrogen) atoms. The summed E-state index contributed by atoms with van der Waals surface area (Å²) < 4.78 is 0. The summed E-state index contributed by atoms with van der Waals surface area (Å²) in [4.78, 5) is 45.5. The van der Waals surface area contributed by atoms with Crippen LogP contribution in [-0.4, -0.2) is 76.8 Å². The maximum absolute atomic E-state index is 14.1. The number of phenols is 1. The number of anilines is 1. The van der Waals surface area contributed by atoms with Crippen LogP contribution in [0, 0.1) is 17.8 Å². The fourth-order valence-electron chi connectivity index (χ4n) is 7.64. The molecule has 2 aromatic rings. The van der Waals surface area contributed by atoms with E-state index in [1.165, 1.54) is 11.1 Å². The minimum absolute atomic E-state index is 0.0820. The van der Waals surface area contributed by atoms with Crippen LogP contribution >= 0.6 is 0 Å². The van der Waals surface area contributed by atoms with E-state index in [-0.39, 0.29) is 22.6 Å². The van der Waals surface area contributed by atoms with Crippen molar-refractivity contribution in [3.8, 4) is 5.75 Å². The zero-order valence-electron chi connectivity index (χ0n) is 24.2. The Morgan fingerprint density at radius 3 is 2.24 bits per heavy atom. The molecule has 1 saturated carbocycles. The van der Waals surface area contributed by atoms with Crippen molar-refractivity contribution in [2.45, 2.75) is 38.5 Å². The number of benzene rings is 2. The van der Waals surface area contributed by atoms with E-state index >= 15 is 0 Å². The predicted octanol–water partition coefficient (Wildman–Crippen LogP) is 2.43. The number of allylic oxidation sites excluding steroid dienone is 1. The number of phenolic OH excluding ortho intramolecular Hbond substituents is 1. The van der Waals surface area contributed by atoms with Crippen LogP contribution in [0.5, 0.6) is 5.75 Å². The number of likely N-dealkylation sites (N-methyl/N-ethyl adjacent to an activating group) is 1. The number of Topliss-reactive ketones (excluding diaryl/α,β-unsaturated/α-hetero) is 2. The summed E-state index contributed by atoms with van der Waals surface area (Å²) in [5.41, 5.74) is 9.86. The average Bonchev–Trinajstić information content (AvgIpc) is 3.31. The molecule has 0 bridgehead atoms. The highest BCUT2D eigenvalue weighted by Gasteiger charge is 2.56. The van der Waals surface area contributed by atoms with Gasteiger partial charge in [-0.2, -0.15) is 0 Å². The fourth-order valence-corrected chi connectivity index (χ4v) is 7.64.